The van der Waals surface area contributed by atoms with E-state index in [1.807, 2.05) is 31.2 Å². The molecular formula is C17H27N3O2. The first kappa shape index (κ1) is 16.8. The lowest BCUT2D eigenvalue weighted by Gasteiger charge is -2.23. The van der Waals surface area contributed by atoms with Crippen molar-refractivity contribution in [3.8, 4) is 5.75 Å². The van der Waals surface area contributed by atoms with Crippen LogP contribution < -0.4 is 15.8 Å². The van der Waals surface area contributed by atoms with Crippen LogP contribution in [0.5, 0.6) is 5.75 Å². The fourth-order valence-electron chi connectivity index (χ4n) is 3.02. The molecule has 1 fully saturated rings. The van der Waals surface area contributed by atoms with Crippen LogP contribution >= 0.6 is 0 Å². The molecule has 1 saturated heterocycles. The van der Waals surface area contributed by atoms with E-state index in [1.54, 1.807) is 7.11 Å². The summed E-state index contributed by atoms with van der Waals surface area (Å²) in [6.45, 7) is 7.08. The quantitative estimate of drug-likeness (QED) is 0.836. The van der Waals surface area contributed by atoms with E-state index < -0.39 is 0 Å². The van der Waals surface area contributed by atoms with E-state index in [-0.39, 0.29) is 17.4 Å². The number of nitrogens with one attached hydrogen (secondary N) is 1. The normalized spacial score (nSPS) is 23.3. The van der Waals surface area contributed by atoms with E-state index in [2.05, 4.69) is 17.1 Å². The van der Waals surface area contributed by atoms with Crippen molar-refractivity contribution in [1.82, 2.24) is 10.2 Å². The molecule has 1 aromatic carbocycles. The summed E-state index contributed by atoms with van der Waals surface area (Å²) in [4.78, 5) is 14.4. The average molecular weight is 305 g/mol. The van der Waals surface area contributed by atoms with Gasteiger partial charge in [-0.3, -0.25) is 9.69 Å². The Balaban J connectivity index is 1.89. The van der Waals surface area contributed by atoms with E-state index >= 15 is 0 Å². The van der Waals surface area contributed by atoms with E-state index in [0.717, 1.165) is 30.8 Å². The summed E-state index contributed by atoms with van der Waals surface area (Å²) in [5.41, 5.74) is 6.95. The second-order valence-corrected chi connectivity index (χ2v) is 6.51. The van der Waals surface area contributed by atoms with Crippen LogP contribution in [0.15, 0.2) is 24.3 Å². The number of amides is 1. The number of hydrogen-bond donors (Lipinski definition) is 2. The third kappa shape index (κ3) is 3.99. The predicted octanol–water partition coefficient (Wildman–Crippen LogP) is 1.54. The number of ether oxygens (including phenoxy) is 1. The van der Waals surface area contributed by atoms with Crippen LogP contribution in [0.3, 0.4) is 0 Å². The van der Waals surface area contributed by atoms with Gasteiger partial charge in [0.25, 0.3) is 0 Å². The molecule has 0 aromatic heterocycles. The fourth-order valence-corrected chi connectivity index (χ4v) is 3.02. The van der Waals surface area contributed by atoms with Gasteiger partial charge in [0.05, 0.1) is 19.7 Å². The average Bonchev–Trinajstić information content (AvgIpc) is 2.88. The van der Waals surface area contributed by atoms with Gasteiger partial charge < -0.3 is 15.8 Å². The topological polar surface area (TPSA) is 67.6 Å². The minimum absolute atomic E-state index is 0.0414. The van der Waals surface area contributed by atoms with Gasteiger partial charge >= 0.3 is 0 Å². The van der Waals surface area contributed by atoms with Crippen LogP contribution in [0.25, 0.3) is 0 Å². The zero-order chi connectivity index (χ0) is 16.2. The van der Waals surface area contributed by atoms with Gasteiger partial charge in [0.1, 0.15) is 5.75 Å². The number of rotatable bonds is 6. The monoisotopic (exact) mass is 305 g/mol. The highest BCUT2D eigenvalue weighted by molar-refractivity contribution is 5.78. The van der Waals surface area contributed by atoms with Gasteiger partial charge in [-0.05, 0) is 37.9 Å². The van der Waals surface area contributed by atoms with E-state index in [0.29, 0.717) is 13.1 Å². The number of para-hydroxylation sites is 1. The lowest BCUT2D eigenvalue weighted by molar-refractivity contribution is -0.122. The van der Waals surface area contributed by atoms with Crippen molar-refractivity contribution in [3.05, 3.63) is 29.8 Å². The molecule has 2 atom stereocenters. The molecule has 22 heavy (non-hydrogen) atoms. The van der Waals surface area contributed by atoms with Gasteiger partial charge in [-0.2, -0.15) is 0 Å². The second kappa shape index (κ2) is 7.11. The van der Waals surface area contributed by atoms with Crippen LogP contribution in [0, 0.1) is 5.41 Å². The highest BCUT2D eigenvalue weighted by Crippen LogP contribution is 2.28. The zero-order valence-electron chi connectivity index (χ0n) is 13.8. The van der Waals surface area contributed by atoms with Gasteiger partial charge in [0.2, 0.25) is 5.91 Å². The zero-order valence-corrected chi connectivity index (χ0v) is 13.8. The Hall–Kier alpha value is -1.59. The summed E-state index contributed by atoms with van der Waals surface area (Å²) in [6, 6.07) is 7.69. The third-order valence-electron chi connectivity index (χ3n) is 4.48. The van der Waals surface area contributed by atoms with E-state index in [4.69, 9.17) is 10.5 Å². The predicted molar refractivity (Wildman–Crippen MR) is 87.8 cm³/mol. The Morgan fingerprint density at radius 2 is 2.23 bits per heavy atom. The second-order valence-electron chi connectivity index (χ2n) is 6.51. The van der Waals surface area contributed by atoms with E-state index in [9.17, 15) is 4.79 Å². The molecule has 0 aliphatic carbocycles. The lowest BCUT2D eigenvalue weighted by atomic mass is 9.90. The molecule has 2 unspecified atom stereocenters. The third-order valence-corrected chi connectivity index (χ3v) is 4.48. The van der Waals surface area contributed by atoms with Crippen LogP contribution in [-0.2, 0) is 4.79 Å². The van der Waals surface area contributed by atoms with Crippen molar-refractivity contribution in [2.24, 2.45) is 11.1 Å². The first-order valence-electron chi connectivity index (χ1n) is 7.82. The Morgan fingerprint density at radius 3 is 2.86 bits per heavy atom. The summed E-state index contributed by atoms with van der Waals surface area (Å²) in [6.07, 6.45) is 1.05. The fraction of sp³-hybridized carbons (Fsp3) is 0.588. The summed E-state index contributed by atoms with van der Waals surface area (Å²) >= 11 is 0. The van der Waals surface area contributed by atoms with Crippen molar-refractivity contribution in [3.63, 3.8) is 0 Å². The number of methoxy groups -OCH3 is 1. The molecule has 5 heteroatoms. The van der Waals surface area contributed by atoms with Gasteiger partial charge in [0.15, 0.2) is 0 Å². The molecule has 0 saturated carbocycles. The van der Waals surface area contributed by atoms with Gasteiger partial charge in [0, 0.05) is 12.1 Å². The van der Waals surface area contributed by atoms with Gasteiger partial charge in [-0.1, -0.05) is 25.1 Å². The Labute approximate surface area is 132 Å². The van der Waals surface area contributed by atoms with Crippen LogP contribution in [0.1, 0.15) is 31.9 Å². The van der Waals surface area contributed by atoms with Gasteiger partial charge in [-0.15, -0.1) is 0 Å². The maximum Gasteiger partial charge on any atom is 0.234 e. The number of hydrogen-bond acceptors (Lipinski definition) is 4. The van der Waals surface area contributed by atoms with Crippen LogP contribution in [-0.4, -0.2) is 44.1 Å². The highest BCUT2D eigenvalue weighted by Gasteiger charge is 2.33. The SMILES string of the molecule is COc1ccccc1C(C)NC(=O)CN1CCC(C)(CN)C1. The first-order chi connectivity index (χ1) is 10.5. The Kier molecular flexibility index (Phi) is 5.42. The highest BCUT2D eigenvalue weighted by atomic mass is 16.5. The molecule has 0 radical (unpaired) electrons. The summed E-state index contributed by atoms with van der Waals surface area (Å²) in [7, 11) is 1.64. The first-order valence-corrected chi connectivity index (χ1v) is 7.82. The molecule has 0 bridgehead atoms. The molecule has 2 rings (SSSR count). The smallest absolute Gasteiger partial charge is 0.234 e. The molecule has 5 nitrogen and oxygen atoms in total. The maximum atomic E-state index is 12.3. The Morgan fingerprint density at radius 1 is 1.50 bits per heavy atom. The Bertz CT molecular complexity index is 520. The minimum atomic E-state index is -0.0767. The number of carbonyl (C=O) groups excluding carboxylic acids is 1. The number of likely N-dealkylation sites (tertiary alicyclic amines) is 1. The number of nitrogens with two attached hydrogens (primary N) is 1. The molecule has 1 aliphatic rings. The van der Waals surface area contributed by atoms with Crippen molar-refractivity contribution >= 4 is 5.91 Å². The molecule has 1 aliphatic heterocycles. The number of benzene rings is 1. The molecular weight excluding hydrogens is 278 g/mol. The molecule has 3 N–H and O–H groups in total. The summed E-state index contributed by atoms with van der Waals surface area (Å²) < 4.78 is 5.35. The molecule has 1 heterocycles. The van der Waals surface area contributed by atoms with E-state index in [1.165, 1.54) is 0 Å². The van der Waals surface area contributed by atoms with Crippen LogP contribution in [0.4, 0.5) is 0 Å². The molecule has 122 valence electrons. The lowest BCUT2D eigenvalue weighted by Crippen LogP contribution is -2.39. The standard InChI is InChI=1S/C17H27N3O2/c1-13(14-6-4-5-7-15(14)22-3)19-16(21)10-20-9-8-17(2,11-18)12-20/h4-7,13H,8-12,18H2,1-3H3,(H,19,21). The molecule has 1 aromatic rings. The maximum absolute atomic E-state index is 12.3. The number of nitrogens with zero attached hydrogens (tertiary/aromatic N) is 1. The van der Waals surface area contributed by atoms with Crippen molar-refractivity contribution in [2.45, 2.75) is 26.3 Å². The van der Waals surface area contributed by atoms with Crippen molar-refractivity contribution in [2.75, 3.05) is 33.3 Å². The van der Waals surface area contributed by atoms with Crippen molar-refractivity contribution in [1.29, 1.82) is 0 Å². The number of carbonyl (C=O) groups is 1. The summed E-state index contributed by atoms with van der Waals surface area (Å²) in [5.74, 6) is 0.840. The molecule has 1 amide bonds. The largest absolute Gasteiger partial charge is 0.496 e. The molecule has 0 spiro atoms. The van der Waals surface area contributed by atoms with Crippen molar-refractivity contribution < 1.29 is 9.53 Å². The van der Waals surface area contributed by atoms with Crippen LogP contribution in [0.2, 0.25) is 0 Å². The van der Waals surface area contributed by atoms with Gasteiger partial charge in [-0.25, -0.2) is 0 Å². The minimum Gasteiger partial charge on any atom is -0.496 e. The summed E-state index contributed by atoms with van der Waals surface area (Å²) in [5, 5.41) is 3.05.